The van der Waals surface area contributed by atoms with E-state index in [1.165, 1.54) is 12.0 Å². The van der Waals surface area contributed by atoms with E-state index in [2.05, 4.69) is 12.2 Å². The number of aryl methyl sites for hydroxylation is 1. The molecule has 0 spiro atoms. The van der Waals surface area contributed by atoms with Gasteiger partial charge in [-0.2, -0.15) is 0 Å². The standard InChI is InChI=1S/C12H16ClNO/c1-8-6-9(7-10(13)11(8)15)12(2)4-3-5-14-12/h6-7,14-15H,3-5H2,1-2H3. The molecule has 2 N–H and O–H groups in total. The predicted octanol–water partition coefficient (Wildman–Crippen LogP) is 2.95. The lowest BCUT2D eigenvalue weighted by molar-refractivity contribution is 0.431. The normalized spacial score (nSPS) is 25.8. The zero-order valence-electron chi connectivity index (χ0n) is 9.10. The molecule has 2 rings (SSSR count). The molecular weight excluding hydrogens is 210 g/mol. The molecule has 3 heteroatoms. The maximum atomic E-state index is 9.61. The van der Waals surface area contributed by atoms with E-state index in [9.17, 15) is 5.11 Å². The molecule has 1 aliphatic heterocycles. The molecular formula is C12H16ClNO. The summed E-state index contributed by atoms with van der Waals surface area (Å²) >= 11 is 5.98. The van der Waals surface area contributed by atoms with Gasteiger partial charge in [0.05, 0.1) is 5.02 Å². The maximum Gasteiger partial charge on any atom is 0.137 e. The zero-order valence-corrected chi connectivity index (χ0v) is 9.86. The number of hydrogen-bond acceptors (Lipinski definition) is 2. The first-order valence-electron chi connectivity index (χ1n) is 5.27. The molecule has 0 radical (unpaired) electrons. The van der Waals surface area contributed by atoms with Crippen molar-refractivity contribution in [3.63, 3.8) is 0 Å². The van der Waals surface area contributed by atoms with E-state index in [1.807, 2.05) is 19.1 Å². The number of benzene rings is 1. The zero-order chi connectivity index (χ0) is 11.1. The molecule has 1 atom stereocenters. The fourth-order valence-corrected chi connectivity index (χ4v) is 2.46. The molecule has 2 nitrogen and oxygen atoms in total. The average Bonchev–Trinajstić information content (AvgIpc) is 2.62. The minimum absolute atomic E-state index is 0.0160. The molecule has 0 aliphatic carbocycles. The van der Waals surface area contributed by atoms with Crippen molar-refractivity contribution in [1.82, 2.24) is 5.32 Å². The fourth-order valence-electron chi connectivity index (χ4n) is 2.20. The van der Waals surface area contributed by atoms with Crippen LogP contribution in [0.15, 0.2) is 12.1 Å². The van der Waals surface area contributed by atoms with E-state index in [4.69, 9.17) is 11.6 Å². The van der Waals surface area contributed by atoms with Crippen LogP contribution in [0.4, 0.5) is 0 Å². The van der Waals surface area contributed by atoms with Crippen LogP contribution in [0.25, 0.3) is 0 Å². The monoisotopic (exact) mass is 225 g/mol. The topological polar surface area (TPSA) is 32.3 Å². The third-order valence-corrected chi connectivity index (χ3v) is 3.55. The molecule has 1 saturated heterocycles. The van der Waals surface area contributed by atoms with Gasteiger partial charge in [-0.1, -0.05) is 17.7 Å². The van der Waals surface area contributed by atoms with Crippen LogP contribution < -0.4 is 5.32 Å². The van der Waals surface area contributed by atoms with Crippen LogP contribution in [0.5, 0.6) is 5.75 Å². The lowest BCUT2D eigenvalue weighted by Gasteiger charge is -2.26. The number of aromatic hydroxyl groups is 1. The highest BCUT2D eigenvalue weighted by Crippen LogP contribution is 2.36. The first-order chi connectivity index (χ1) is 7.03. The summed E-state index contributed by atoms with van der Waals surface area (Å²) in [5.74, 6) is 0.196. The summed E-state index contributed by atoms with van der Waals surface area (Å²) in [7, 11) is 0. The molecule has 1 aromatic rings. The lowest BCUT2D eigenvalue weighted by atomic mass is 9.89. The Morgan fingerprint density at radius 3 is 2.73 bits per heavy atom. The van der Waals surface area contributed by atoms with E-state index in [0.717, 1.165) is 18.5 Å². The van der Waals surface area contributed by atoms with Crippen LogP contribution in [0.3, 0.4) is 0 Å². The largest absolute Gasteiger partial charge is 0.506 e. The summed E-state index contributed by atoms with van der Waals surface area (Å²) < 4.78 is 0. The molecule has 82 valence electrons. The predicted molar refractivity (Wildman–Crippen MR) is 62.4 cm³/mol. The number of phenols is 1. The van der Waals surface area contributed by atoms with Crippen molar-refractivity contribution in [2.75, 3.05) is 6.54 Å². The van der Waals surface area contributed by atoms with Crippen molar-refractivity contribution in [2.45, 2.75) is 32.2 Å². The van der Waals surface area contributed by atoms with E-state index in [-0.39, 0.29) is 11.3 Å². The van der Waals surface area contributed by atoms with E-state index >= 15 is 0 Å². The van der Waals surface area contributed by atoms with Crippen molar-refractivity contribution in [2.24, 2.45) is 0 Å². The molecule has 1 heterocycles. The SMILES string of the molecule is Cc1cc(C2(C)CCCN2)cc(Cl)c1O. The number of hydrogen-bond donors (Lipinski definition) is 2. The van der Waals surface area contributed by atoms with Crippen LogP contribution in [0.1, 0.15) is 30.9 Å². The van der Waals surface area contributed by atoms with Crippen molar-refractivity contribution in [3.8, 4) is 5.75 Å². The van der Waals surface area contributed by atoms with Gasteiger partial charge in [-0.15, -0.1) is 0 Å². The highest BCUT2D eigenvalue weighted by Gasteiger charge is 2.30. The quantitative estimate of drug-likeness (QED) is 0.770. The summed E-state index contributed by atoms with van der Waals surface area (Å²) in [4.78, 5) is 0. The molecule has 0 bridgehead atoms. The van der Waals surface area contributed by atoms with E-state index < -0.39 is 0 Å². The minimum Gasteiger partial charge on any atom is -0.506 e. The Hall–Kier alpha value is -0.730. The molecule has 1 fully saturated rings. The highest BCUT2D eigenvalue weighted by atomic mass is 35.5. The van der Waals surface area contributed by atoms with Gasteiger partial charge < -0.3 is 10.4 Å². The van der Waals surface area contributed by atoms with Gasteiger partial charge in [-0.05, 0) is 50.4 Å². The van der Waals surface area contributed by atoms with Crippen molar-refractivity contribution < 1.29 is 5.11 Å². The van der Waals surface area contributed by atoms with Gasteiger partial charge in [0.2, 0.25) is 0 Å². The summed E-state index contributed by atoms with van der Waals surface area (Å²) in [6.07, 6.45) is 2.31. The Bertz CT molecular complexity index is 360. The molecule has 1 aliphatic rings. The van der Waals surface area contributed by atoms with E-state index in [1.54, 1.807) is 0 Å². The Balaban J connectivity index is 2.45. The van der Waals surface area contributed by atoms with Crippen LogP contribution in [-0.4, -0.2) is 11.7 Å². The van der Waals surface area contributed by atoms with Crippen LogP contribution in [0.2, 0.25) is 5.02 Å². The van der Waals surface area contributed by atoms with Crippen LogP contribution in [-0.2, 0) is 5.54 Å². The second-order valence-electron chi connectivity index (χ2n) is 4.49. The number of rotatable bonds is 1. The molecule has 0 aromatic heterocycles. The Morgan fingerprint density at radius 1 is 1.47 bits per heavy atom. The van der Waals surface area contributed by atoms with Gasteiger partial charge in [0, 0.05) is 5.54 Å². The minimum atomic E-state index is 0.0160. The van der Waals surface area contributed by atoms with Crippen LogP contribution in [0, 0.1) is 6.92 Å². The Labute approximate surface area is 95.3 Å². The Morgan fingerprint density at radius 2 is 2.20 bits per heavy atom. The smallest absolute Gasteiger partial charge is 0.137 e. The first-order valence-corrected chi connectivity index (χ1v) is 5.65. The highest BCUT2D eigenvalue weighted by molar-refractivity contribution is 6.32. The molecule has 0 amide bonds. The van der Waals surface area contributed by atoms with Crippen molar-refractivity contribution in [3.05, 3.63) is 28.3 Å². The number of halogens is 1. The van der Waals surface area contributed by atoms with Gasteiger partial charge in [-0.25, -0.2) is 0 Å². The Kier molecular flexibility index (Phi) is 2.65. The van der Waals surface area contributed by atoms with Crippen molar-refractivity contribution >= 4 is 11.6 Å². The molecule has 1 aromatic carbocycles. The second kappa shape index (κ2) is 3.69. The summed E-state index contributed by atoms with van der Waals surface area (Å²) in [6.45, 7) is 5.11. The number of phenolic OH excluding ortho intramolecular Hbond substituents is 1. The first kappa shape index (κ1) is 10.8. The van der Waals surface area contributed by atoms with Gasteiger partial charge in [0.25, 0.3) is 0 Å². The molecule has 1 unspecified atom stereocenters. The van der Waals surface area contributed by atoms with Crippen molar-refractivity contribution in [1.29, 1.82) is 0 Å². The molecule has 15 heavy (non-hydrogen) atoms. The van der Waals surface area contributed by atoms with E-state index in [0.29, 0.717) is 5.02 Å². The van der Waals surface area contributed by atoms with Gasteiger partial charge >= 0.3 is 0 Å². The van der Waals surface area contributed by atoms with Gasteiger partial charge in [0.1, 0.15) is 5.75 Å². The van der Waals surface area contributed by atoms with Gasteiger partial charge in [0.15, 0.2) is 0 Å². The summed E-state index contributed by atoms with van der Waals surface area (Å²) in [6, 6.07) is 3.88. The second-order valence-corrected chi connectivity index (χ2v) is 4.89. The number of nitrogens with one attached hydrogen (secondary N) is 1. The third kappa shape index (κ3) is 1.84. The van der Waals surface area contributed by atoms with Gasteiger partial charge in [-0.3, -0.25) is 0 Å². The average molecular weight is 226 g/mol. The fraction of sp³-hybridized carbons (Fsp3) is 0.500. The molecule has 0 saturated carbocycles. The summed E-state index contributed by atoms with van der Waals surface area (Å²) in [5.41, 5.74) is 2.02. The lowest BCUT2D eigenvalue weighted by Crippen LogP contribution is -2.33. The third-order valence-electron chi connectivity index (χ3n) is 3.26. The van der Waals surface area contributed by atoms with Crippen LogP contribution >= 0.6 is 11.6 Å². The maximum absolute atomic E-state index is 9.61. The summed E-state index contributed by atoms with van der Waals surface area (Å²) in [5, 5.41) is 13.5.